The number of nitrogens with one attached hydrogen (secondary N) is 1. The average molecular weight is 252 g/mol. The number of aryl methyl sites for hydroxylation is 1. The molecule has 0 radical (unpaired) electrons. The van der Waals surface area contributed by atoms with Crippen LogP contribution in [0.25, 0.3) is 0 Å². The summed E-state index contributed by atoms with van der Waals surface area (Å²) in [5, 5.41) is 3.53. The molecule has 4 heteroatoms. The van der Waals surface area contributed by atoms with Crippen molar-refractivity contribution in [3.8, 4) is 0 Å². The van der Waals surface area contributed by atoms with Crippen LogP contribution in [0.1, 0.15) is 32.5 Å². The topological polar surface area (TPSA) is 33.1 Å². The van der Waals surface area contributed by atoms with E-state index in [9.17, 15) is 0 Å². The molecule has 18 heavy (non-hydrogen) atoms. The van der Waals surface area contributed by atoms with Crippen molar-refractivity contribution in [2.24, 2.45) is 13.0 Å². The molecule has 0 aliphatic heterocycles. The van der Waals surface area contributed by atoms with Gasteiger partial charge in [-0.1, -0.05) is 26.7 Å². The third kappa shape index (κ3) is 4.10. The molecule has 1 aromatic rings. The van der Waals surface area contributed by atoms with Gasteiger partial charge in [-0.25, -0.2) is 4.98 Å². The van der Waals surface area contributed by atoms with Crippen molar-refractivity contribution in [3.05, 3.63) is 18.2 Å². The first-order valence-corrected chi connectivity index (χ1v) is 6.93. The van der Waals surface area contributed by atoms with Crippen LogP contribution in [0.3, 0.4) is 0 Å². The molecule has 1 N–H and O–H groups in total. The number of nitrogens with zero attached hydrogens (tertiary/aromatic N) is 3. The first kappa shape index (κ1) is 15.2. The third-order valence-corrected chi connectivity index (χ3v) is 3.81. The maximum absolute atomic E-state index is 4.33. The third-order valence-electron chi connectivity index (χ3n) is 3.81. The van der Waals surface area contributed by atoms with Gasteiger partial charge in [0.25, 0.3) is 0 Å². The fraction of sp³-hybridized carbons (Fsp3) is 0.786. The summed E-state index contributed by atoms with van der Waals surface area (Å²) in [5.74, 6) is 1.85. The minimum absolute atomic E-state index is 0.597. The zero-order valence-electron chi connectivity index (χ0n) is 12.5. The number of hydrogen-bond acceptors (Lipinski definition) is 3. The first-order valence-electron chi connectivity index (χ1n) is 6.93. The van der Waals surface area contributed by atoms with E-state index in [0.717, 1.165) is 24.8 Å². The van der Waals surface area contributed by atoms with Crippen molar-refractivity contribution in [2.45, 2.75) is 39.3 Å². The average Bonchev–Trinajstić information content (AvgIpc) is 2.74. The number of aromatic nitrogens is 2. The van der Waals surface area contributed by atoms with Gasteiger partial charge in [-0.05, 0) is 20.0 Å². The molecule has 104 valence electrons. The Morgan fingerprint density at radius 3 is 2.44 bits per heavy atom. The molecule has 0 saturated heterocycles. The summed E-state index contributed by atoms with van der Waals surface area (Å²) in [6.45, 7) is 6.42. The molecule has 1 aromatic heterocycles. The molecule has 0 spiro atoms. The second kappa shape index (κ2) is 7.54. The number of rotatable bonds is 8. The Hall–Kier alpha value is -0.870. The van der Waals surface area contributed by atoms with Gasteiger partial charge in [0.2, 0.25) is 0 Å². The van der Waals surface area contributed by atoms with Crippen molar-refractivity contribution in [3.63, 3.8) is 0 Å². The Kier molecular flexibility index (Phi) is 6.36. The van der Waals surface area contributed by atoms with Crippen molar-refractivity contribution in [1.82, 2.24) is 19.8 Å². The van der Waals surface area contributed by atoms with Crippen LogP contribution in [0, 0.1) is 5.92 Å². The predicted molar refractivity (Wildman–Crippen MR) is 76.5 cm³/mol. The van der Waals surface area contributed by atoms with Gasteiger partial charge in [-0.3, -0.25) is 0 Å². The van der Waals surface area contributed by atoms with Gasteiger partial charge in [-0.15, -0.1) is 0 Å². The Bertz CT molecular complexity index is 328. The van der Waals surface area contributed by atoms with Crippen molar-refractivity contribution in [1.29, 1.82) is 0 Å². The van der Waals surface area contributed by atoms with Gasteiger partial charge in [-0.2, -0.15) is 0 Å². The summed E-state index contributed by atoms with van der Waals surface area (Å²) >= 11 is 0. The van der Waals surface area contributed by atoms with Crippen LogP contribution in [-0.2, 0) is 13.6 Å². The Morgan fingerprint density at radius 1 is 1.33 bits per heavy atom. The summed E-state index contributed by atoms with van der Waals surface area (Å²) < 4.78 is 2.06. The number of imidazole rings is 1. The summed E-state index contributed by atoms with van der Waals surface area (Å²) in [6.07, 6.45) is 6.32. The smallest absolute Gasteiger partial charge is 0.122 e. The minimum Gasteiger partial charge on any atom is -0.337 e. The van der Waals surface area contributed by atoms with Crippen LogP contribution in [0.5, 0.6) is 0 Å². The maximum atomic E-state index is 4.33. The number of likely N-dealkylation sites (N-methyl/N-ethyl adjacent to an activating group) is 1. The van der Waals surface area contributed by atoms with Crippen LogP contribution >= 0.6 is 0 Å². The van der Waals surface area contributed by atoms with Crippen molar-refractivity contribution in [2.75, 3.05) is 20.6 Å². The molecule has 0 aliphatic carbocycles. The van der Waals surface area contributed by atoms with Crippen molar-refractivity contribution < 1.29 is 0 Å². The standard InChI is InChI=1S/C14H28N4/c1-6-12(7-2)13(17(3)4)10-15-11-14-16-8-9-18(14)5/h8-9,12-13,15H,6-7,10-11H2,1-5H3. The zero-order valence-corrected chi connectivity index (χ0v) is 12.5. The summed E-state index contributed by atoms with van der Waals surface area (Å²) in [4.78, 5) is 6.67. The van der Waals surface area contributed by atoms with Crippen molar-refractivity contribution >= 4 is 0 Å². The van der Waals surface area contributed by atoms with Crippen LogP contribution in [0.4, 0.5) is 0 Å². The summed E-state index contributed by atoms with van der Waals surface area (Å²) in [7, 11) is 6.38. The van der Waals surface area contributed by atoms with E-state index < -0.39 is 0 Å². The largest absolute Gasteiger partial charge is 0.337 e. The normalized spacial score (nSPS) is 13.5. The zero-order chi connectivity index (χ0) is 13.5. The highest BCUT2D eigenvalue weighted by Crippen LogP contribution is 2.16. The SMILES string of the molecule is CCC(CC)C(CNCc1nccn1C)N(C)C. The van der Waals surface area contributed by atoms with Gasteiger partial charge < -0.3 is 14.8 Å². The lowest BCUT2D eigenvalue weighted by Gasteiger charge is -2.31. The van der Waals surface area contributed by atoms with E-state index in [0.29, 0.717) is 6.04 Å². The van der Waals surface area contributed by atoms with Crippen LogP contribution in [0.2, 0.25) is 0 Å². The highest BCUT2D eigenvalue weighted by atomic mass is 15.1. The molecule has 0 aromatic carbocycles. The second-order valence-electron chi connectivity index (χ2n) is 5.19. The molecule has 0 amide bonds. The lowest BCUT2D eigenvalue weighted by molar-refractivity contribution is 0.193. The van der Waals surface area contributed by atoms with Gasteiger partial charge in [0.05, 0.1) is 6.54 Å². The Morgan fingerprint density at radius 2 is 2.00 bits per heavy atom. The fourth-order valence-corrected chi connectivity index (χ4v) is 2.50. The lowest BCUT2D eigenvalue weighted by atomic mass is 9.93. The van der Waals surface area contributed by atoms with Gasteiger partial charge in [0.1, 0.15) is 5.82 Å². The van der Waals surface area contributed by atoms with Crippen LogP contribution in [0.15, 0.2) is 12.4 Å². The summed E-state index contributed by atoms with van der Waals surface area (Å²) in [5.41, 5.74) is 0. The van der Waals surface area contributed by atoms with E-state index in [1.54, 1.807) is 0 Å². The first-order chi connectivity index (χ1) is 8.60. The molecular weight excluding hydrogens is 224 g/mol. The van der Waals surface area contributed by atoms with E-state index in [1.165, 1.54) is 12.8 Å². The van der Waals surface area contributed by atoms with Gasteiger partial charge in [0, 0.05) is 32.0 Å². The Balaban J connectivity index is 2.45. The van der Waals surface area contributed by atoms with Crippen LogP contribution < -0.4 is 5.32 Å². The molecule has 1 atom stereocenters. The molecule has 1 unspecified atom stereocenters. The maximum Gasteiger partial charge on any atom is 0.122 e. The molecule has 0 saturated carbocycles. The molecular formula is C14H28N4. The Labute approximate surface area is 111 Å². The molecule has 4 nitrogen and oxygen atoms in total. The van der Waals surface area contributed by atoms with Crippen LogP contribution in [-0.4, -0.2) is 41.1 Å². The lowest BCUT2D eigenvalue weighted by Crippen LogP contribution is -2.43. The molecule has 0 aliphatic rings. The second-order valence-corrected chi connectivity index (χ2v) is 5.19. The predicted octanol–water partition coefficient (Wildman–Crippen LogP) is 1.88. The summed E-state index contributed by atoms with van der Waals surface area (Å²) in [6, 6.07) is 0.597. The highest BCUT2D eigenvalue weighted by molar-refractivity contribution is 4.90. The minimum atomic E-state index is 0.597. The monoisotopic (exact) mass is 252 g/mol. The highest BCUT2D eigenvalue weighted by Gasteiger charge is 2.20. The molecule has 0 bridgehead atoms. The molecule has 1 heterocycles. The van der Waals surface area contributed by atoms with E-state index in [1.807, 2.05) is 19.4 Å². The van der Waals surface area contributed by atoms with E-state index in [-0.39, 0.29) is 0 Å². The van der Waals surface area contributed by atoms with E-state index in [2.05, 4.69) is 47.7 Å². The molecule has 0 fully saturated rings. The molecule has 1 rings (SSSR count). The quantitative estimate of drug-likeness (QED) is 0.767. The fourth-order valence-electron chi connectivity index (χ4n) is 2.50. The van der Waals surface area contributed by atoms with E-state index >= 15 is 0 Å². The number of hydrogen-bond donors (Lipinski definition) is 1. The van der Waals surface area contributed by atoms with Gasteiger partial charge in [0.15, 0.2) is 0 Å². The van der Waals surface area contributed by atoms with Gasteiger partial charge >= 0.3 is 0 Å². The van der Waals surface area contributed by atoms with E-state index in [4.69, 9.17) is 0 Å².